The largest absolute Gasteiger partial charge is 0.356 e. The van der Waals surface area contributed by atoms with Gasteiger partial charge in [-0.05, 0) is 38.3 Å². The molecule has 2 rings (SSSR count). The summed E-state index contributed by atoms with van der Waals surface area (Å²) in [5.74, 6) is 0.341. The Balaban J connectivity index is 1.74. The second-order valence-corrected chi connectivity index (χ2v) is 7.27. The molecule has 2 N–H and O–H groups in total. The summed E-state index contributed by atoms with van der Waals surface area (Å²) in [4.78, 5) is 11.8. The molecule has 98 valence electrons. The topological polar surface area (TPSA) is 75.3 Å². The van der Waals surface area contributed by atoms with Gasteiger partial charge in [0.1, 0.15) is 0 Å². The molecule has 1 atom stereocenters. The van der Waals surface area contributed by atoms with Crippen molar-refractivity contribution in [2.45, 2.75) is 19.3 Å². The molecule has 2 aliphatic heterocycles. The van der Waals surface area contributed by atoms with Crippen molar-refractivity contribution in [2.75, 3.05) is 31.1 Å². The van der Waals surface area contributed by atoms with E-state index in [1.54, 1.807) is 0 Å². The summed E-state index contributed by atoms with van der Waals surface area (Å²) in [7, 11) is -2.95. The zero-order valence-corrected chi connectivity index (χ0v) is 10.8. The van der Waals surface area contributed by atoms with E-state index in [0.717, 1.165) is 25.9 Å². The number of piperidine rings is 1. The first-order valence-corrected chi connectivity index (χ1v) is 8.08. The summed E-state index contributed by atoms with van der Waals surface area (Å²) in [5, 5.41) is 6.18. The van der Waals surface area contributed by atoms with Crippen molar-refractivity contribution in [1.82, 2.24) is 10.6 Å². The highest BCUT2D eigenvalue weighted by atomic mass is 32.2. The van der Waals surface area contributed by atoms with Gasteiger partial charge in [0.2, 0.25) is 5.91 Å². The average molecular weight is 260 g/mol. The molecule has 6 heteroatoms. The van der Waals surface area contributed by atoms with Crippen LogP contribution in [0.3, 0.4) is 0 Å². The minimum Gasteiger partial charge on any atom is -0.356 e. The van der Waals surface area contributed by atoms with E-state index in [-0.39, 0.29) is 23.3 Å². The molecule has 0 saturated carbocycles. The van der Waals surface area contributed by atoms with E-state index in [0.29, 0.717) is 18.9 Å². The van der Waals surface area contributed by atoms with Crippen LogP contribution < -0.4 is 10.6 Å². The van der Waals surface area contributed by atoms with Gasteiger partial charge in [-0.15, -0.1) is 0 Å². The van der Waals surface area contributed by atoms with Crippen LogP contribution in [0.2, 0.25) is 0 Å². The van der Waals surface area contributed by atoms with Crippen molar-refractivity contribution < 1.29 is 13.2 Å². The molecule has 1 amide bonds. The van der Waals surface area contributed by atoms with E-state index >= 15 is 0 Å². The van der Waals surface area contributed by atoms with E-state index in [9.17, 15) is 13.2 Å². The maximum Gasteiger partial charge on any atom is 0.224 e. The fourth-order valence-electron chi connectivity index (χ4n) is 2.48. The van der Waals surface area contributed by atoms with Crippen LogP contribution in [0.4, 0.5) is 0 Å². The van der Waals surface area contributed by atoms with E-state index in [1.165, 1.54) is 0 Å². The van der Waals surface area contributed by atoms with Crippen LogP contribution in [-0.4, -0.2) is 45.5 Å². The maximum atomic E-state index is 11.8. The molecule has 0 aromatic heterocycles. The molecule has 0 spiro atoms. The predicted octanol–water partition coefficient (Wildman–Crippen LogP) is -0.463. The third-order valence-corrected chi connectivity index (χ3v) is 5.39. The molecular weight excluding hydrogens is 240 g/mol. The van der Waals surface area contributed by atoms with Gasteiger partial charge in [0.25, 0.3) is 0 Å². The van der Waals surface area contributed by atoms with Crippen LogP contribution in [0.1, 0.15) is 19.3 Å². The number of hydrogen-bond acceptors (Lipinski definition) is 4. The van der Waals surface area contributed by atoms with Crippen molar-refractivity contribution in [1.29, 1.82) is 0 Å². The van der Waals surface area contributed by atoms with Crippen LogP contribution in [0, 0.1) is 11.8 Å². The smallest absolute Gasteiger partial charge is 0.224 e. The van der Waals surface area contributed by atoms with E-state index in [2.05, 4.69) is 10.6 Å². The summed E-state index contributed by atoms with van der Waals surface area (Å²) < 4.78 is 22.5. The number of hydrogen-bond donors (Lipinski definition) is 2. The molecule has 2 saturated heterocycles. The number of carbonyl (C=O) groups excluding carboxylic acids is 1. The third-order valence-electron chi connectivity index (χ3n) is 3.63. The van der Waals surface area contributed by atoms with E-state index in [4.69, 9.17) is 0 Å². The van der Waals surface area contributed by atoms with Crippen LogP contribution >= 0.6 is 0 Å². The molecule has 0 bridgehead atoms. The fourth-order valence-corrected chi connectivity index (χ4v) is 4.22. The molecular formula is C11H20N2O3S. The zero-order valence-electron chi connectivity index (χ0n) is 9.94. The Hall–Kier alpha value is -0.620. The fraction of sp³-hybridized carbons (Fsp3) is 0.909. The van der Waals surface area contributed by atoms with Gasteiger partial charge in [0.15, 0.2) is 9.84 Å². The van der Waals surface area contributed by atoms with Gasteiger partial charge in [0, 0.05) is 6.54 Å². The standard InChI is InChI=1S/C11H20N2O3S/c14-11(10-3-6-17(15,16)8-10)13-7-9-1-4-12-5-2-9/h9-10,12H,1-8H2,(H,13,14). The Morgan fingerprint density at radius 2 is 1.94 bits per heavy atom. The molecule has 2 heterocycles. The van der Waals surface area contributed by atoms with Gasteiger partial charge in [-0.25, -0.2) is 8.42 Å². The molecule has 17 heavy (non-hydrogen) atoms. The van der Waals surface area contributed by atoms with E-state index in [1.807, 2.05) is 0 Å². The minimum atomic E-state index is -2.95. The average Bonchev–Trinajstić information content (AvgIpc) is 2.68. The molecule has 5 nitrogen and oxygen atoms in total. The van der Waals surface area contributed by atoms with Crippen molar-refractivity contribution in [2.24, 2.45) is 11.8 Å². The highest BCUT2D eigenvalue weighted by molar-refractivity contribution is 7.91. The number of carbonyl (C=O) groups is 1. The first kappa shape index (κ1) is 12.8. The highest BCUT2D eigenvalue weighted by Gasteiger charge is 2.32. The number of amides is 1. The van der Waals surface area contributed by atoms with Crippen molar-refractivity contribution in [3.8, 4) is 0 Å². The maximum absolute atomic E-state index is 11.8. The second-order valence-electron chi connectivity index (χ2n) is 5.04. The predicted molar refractivity (Wildman–Crippen MR) is 65.4 cm³/mol. The normalized spacial score (nSPS) is 29.1. The zero-order chi connectivity index (χ0) is 12.3. The van der Waals surface area contributed by atoms with Crippen molar-refractivity contribution >= 4 is 15.7 Å². The first-order chi connectivity index (χ1) is 8.07. The van der Waals surface area contributed by atoms with Crippen LogP contribution in [0.15, 0.2) is 0 Å². The first-order valence-electron chi connectivity index (χ1n) is 6.26. The van der Waals surface area contributed by atoms with Crippen LogP contribution in [0.25, 0.3) is 0 Å². The van der Waals surface area contributed by atoms with Gasteiger partial charge in [0.05, 0.1) is 17.4 Å². The summed E-state index contributed by atoms with van der Waals surface area (Å²) in [6.45, 7) is 2.72. The lowest BCUT2D eigenvalue weighted by Crippen LogP contribution is -2.38. The second kappa shape index (κ2) is 5.35. The lowest BCUT2D eigenvalue weighted by atomic mass is 9.98. The van der Waals surface area contributed by atoms with Gasteiger partial charge in [-0.3, -0.25) is 4.79 Å². The summed E-state index contributed by atoms with van der Waals surface area (Å²) in [5.41, 5.74) is 0. The van der Waals surface area contributed by atoms with Gasteiger partial charge < -0.3 is 10.6 Å². The number of sulfone groups is 1. The number of rotatable bonds is 3. The monoisotopic (exact) mass is 260 g/mol. The molecule has 2 fully saturated rings. The molecule has 0 radical (unpaired) electrons. The third kappa shape index (κ3) is 3.67. The van der Waals surface area contributed by atoms with Crippen molar-refractivity contribution in [3.05, 3.63) is 0 Å². The van der Waals surface area contributed by atoms with Crippen molar-refractivity contribution in [3.63, 3.8) is 0 Å². The van der Waals surface area contributed by atoms with Crippen LogP contribution in [0.5, 0.6) is 0 Å². The van der Waals surface area contributed by atoms with E-state index < -0.39 is 9.84 Å². The Labute approximate surface area is 102 Å². The SMILES string of the molecule is O=C(NCC1CCNCC1)C1CCS(=O)(=O)C1. The lowest BCUT2D eigenvalue weighted by molar-refractivity contribution is -0.124. The Morgan fingerprint density at radius 3 is 2.53 bits per heavy atom. The molecule has 2 aliphatic rings. The highest BCUT2D eigenvalue weighted by Crippen LogP contribution is 2.18. The Morgan fingerprint density at radius 1 is 1.24 bits per heavy atom. The molecule has 1 unspecified atom stereocenters. The number of nitrogens with one attached hydrogen (secondary N) is 2. The quantitative estimate of drug-likeness (QED) is 0.720. The van der Waals surface area contributed by atoms with Gasteiger partial charge >= 0.3 is 0 Å². The molecule has 0 aromatic carbocycles. The van der Waals surface area contributed by atoms with Gasteiger partial charge in [-0.1, -0.05) is 0 Å². The summed E-state index contributed by atoms with van der Waals surface area (Å²) in [6, 6.07) is 0. The summed E-state index contributed by atoms with van der Waals surface area (Å²) >= 11 is 0. The lowest BCUT2D eigenvalue weighted by Gasteiger charge is -2.23. The van der Waals surface area contributed by atoms with Crippen LogP contribution in [-0.2, 0) is 14.6 Å². The summed E-state index contributed by atoms with van der Waals surface area (Å²) in [6.07, 6.45) is 2.66. The molecule has 0 aliphatic carbocycles. The Kier molecular flexibility index (Phi) is 4.04. The van der Waals surface area contributed by atoms with Gasteiger partial charge in [-0.2, -0.15) is 0 Å². The minimum absolute atomic E-state index is 0.0328. The molecule has 0 aromatic rings. The Bertz CT molecular complexity index is 374.